The molecule has 0 atom stereocenters. The molecule has 0 fully saturated rings. The lowest BCUT2D eigenvalue weighted by Crippen LogP contribution is -2.39. The van der Waals surface area contributed by atoms with Crippen LogP contribution >= 0.6 is 11.6 Å². The van der Waals surface area contributed by atoms with E-state index in [0.29, 0.717) is 36.1 Å². The van der Waals surface area contributed by atoms with E-state index in [1.807, 2.05) is 44.2 Å². The highest BCUT2D eigenvalue weighted by molar-refractivity contribution is 6.29. The third kappa shape index (κ3) is 6.48. The fraction of sp³-hybridized carbons (Fsp3) is 0.269. The highest BCUT2D eigenvalue weighted by Gasteiger charge is 2.18. The second-order valence-electron chi connectivity index (χ2n) is 7.93. The van der Waals surface area contributed by atoms with E-state index in [4.69, 9.17) is 16.3 Å². The van der Waals surface area contributed by atoms with Gasteiger partial charge in [-0.15, -0.1) is 0 Å². The van der Waals surface area contributed by atoms with Gasteiger partial charge >= 0.3 is 12.0 Å². The molecule has 0 aliphatic rings. The van der Waals surface area contributed by atoms with Crippen LogP contribution in [0.1, 0.15) is 29.2 Å². The van der Waals surface area contributed by atoms with Crippen molar-refractivity contribution < 1.29 is 19.4 Å². The molecule has 3 aromatic rings. The topological polar surface area (TPSA) is 91.8 Å². The standard InChI is InChI=1S/C26H28ClN3O4/c1-4-30(26(33)29-15-19-7-10-24(27)28-14-19)16-20-11-17(2)5-8-21(20)22-12-18(13-25(31)32)6-9-23(22)34-3/h5-12,14H,4,13,15-16H2,1-3H3,(H,29,33)(H,31,32). The Hall–Kier alpha value is -3.58. The number of ether oxygens (including phenoxy) is 1. The van der Waals surface area contributed by atoms with Crippen molar-refractivity contribution in [1.29, 1.82) is 0 Å². The number of benzene rings is 2. The largest absolute Gasteiger partial charge is 0.496 e. The maximum Gasteiger partial charge on any atom is 0.317 e. The van der Waals surface area contributed by atoms with Gasteiger partial charge in [-0.2, -0.15) is 0 Å². The van der Waals surface area contributed by atoms with Crippen LogP contribution in [0.15, 0.2) is 54.7 Å². The van der Waals surface area contributed by atoms with Gasteiger partial charge in [0.1, 0.15) is 10.9 Å². The molecule has 2 amide bonds. The van der Waals surface area contributed by atoms with Crippen LogP contribution < -0.4 is 10.1 Å². The molecule has 0 radical (unpaired) electrons. The number of halogens is 1. The zero-order chi connectivity index (χ0) is 24.7. The van der Waals surface area contributed by atoms with Crippen molar-refractivity contribution >= 4 is 23.6 Å². The molecule has 2 N–H and O–H groups in total. The summed E-state index contributed by atoms with van der Waals surface area (Å²) in [6.07, 6.45) is 1.55. The first-order valence-corrected chi connectivity index (χ1v) is 11.3. The zero-order valence-electron chi connectivity index (χ0n) is 19.5. The van der Waals surface area contributed by atoms with Gasteiger partial charge in [0.15, 0.2) is 0 Å². The van der Waals surface area contributed by atoms with Crippen LogP contribution in [0.5, 0.6) is 5.75 Å². The van der Waals surface area contributed by atoms with Crippen LogP contribution in [-0.4, -0.2) is 40.6 Å². The second-order valence-corrected chi connectivity index (χ2v) is 8.32. The molecule has 0 unspecified atom stereocenters. The van der Waals surface area contributed by atoms with Gasteiger partial charge in [-0.3, -0.25) is 4.79 Å². The molecule has 0 saturated carbocycles. The summed E-state index contributed by atoms with van der Waals surface area (Å²) in [7, 11) is 1.58. The van der Waals surface area contributed by atoms with Crippen molar-refractivity contribution in [2.75, 3.05) is 13.7 Å². The molecule has 7 nitrogen and oxygen atoms in total. The maximum atomic E-state index is 12.9. The van der Waals surface area contributed by atoms with Crippen molar-refractivity contribution in [2.45, 2.75) is 33.4 Å². The van der Waals surface area contributed by atoms with Gasteiger partial charge < -0.3 is 20.1 Å². The number of hydrogen-bond donors (Lipinski definition) is 2. The van der Waals surface area contributed by atoms with Crippen molar-refractivity contribution in [2.24, 2.45) is 0 Å². The Morgan fingerprint density at radius 3 is 2.50 bits per heavy atom. The number of rotatable bonds is 9. The third-order valence-electron chi connectivity index (χ3n) is 5.43. The summed E-state index contributed by atoms with van der Waals surface area (Å²) < 4.78 is 5.56. The quantitative estimate of drug-likeness (QED) is 0.416. The lowest BCUT2D eigenvalue weighted by molar-refractivity contribution is -0.136. The number of carboxylic acid groups (broad SMARTS) is 1. The summed E-state index contributed by atoms with van der Waals surface area (Å²) in [6, 6.07) is 14.7. The molecule has 34 heavy (non-hydrogen) atoms. The van der Waals surface area contributed by atoms with E-state index in [0.717, 1.165) is 27.8 Å². The summed E-state index contributed by atoms with van der Waals surface area (Å²) in [5.41, 5.74) is 5.21. The van der Waals surface area contributed by atoms with Crippen molar-refractivity contribution in [1.82, 2.24) is 15.2 Å². The number of methoxy groups -OCH3 is 1. The molecule has 0 spiro atoms. The lowest BCUT2D eigenvalue weighted by Gasteiger charge is -2.24. The van der Waals surface area contributed by atoms with E-state index in [2.05, 4.69) is 10.3 Å². The summed E-state index contributed by atoms with van der Waals surface area (Å²) in [6.45, 7) is 5.15. The molecule has 0 aliphatic carbocycles. The van der Waals surface area contributed by atoms with Gasteiger partial charge in [-0.1, -0.05) is 47.5 Å². The number of aryl methyl sites for hydroxylation is 1. The number of aliphatic carboxylic acids is 1. The fourth-order valence-electron chi connectivity index (χ4n) is 3.70. The number of hydrogen-bond acceptors (Lipinski definition) is 4. The van der Waals surface area contributed by atoms with Crippen LogP contribution in [0.3, 0.4) is 0 Å². The molecule has 0 aliphatic heterocycles. The molecule has 3 rings (SSSR count). The van der Waals surface area contributed by atoms with Crippen molar-refractivity contribution in [3.8, 4) is 16.9 Å². The first-order valence-electron chi connectivity index (χ1n) is 10.9. The predicted octanol–water partition coefficient (Wildman–Crippen LogP) is 5.08. The number of carbonyl (C=O) groups excluding carboxylic acids is 1. The number of carboxylic acids is 1. The first kappa shape index (κ1) is 25.1. The number of nitrogens with zero attached hydrogens (tertiary/aromatic N) is 2. The number of pyridine rings is 1. The first-order chi connectivity index (χ1) is 16.3. The Labute approximate surface area is 204 Å². The van der Waals surface area contributed by atoms with Gasteiger partial charge in [0.2, 0.25) is 0 Å². The number of amides is 2. The Bertz CT molecular complexity index is 1170. The van der Waals surface area contributed by atoms with Gasteiger partial charge in [0, 0.05) is 31.4 Å². The smallest absolute Gasteiger partial charge is 0.317 e. The highest BCUT2D eigenvalue weighted by Crippen LogP contribution is 2.34. The number of carbonyl (C=O) groups is 2. The average molecular weight is 482 g/mol. The zero-order valence-corrected chi connectivity index (χ0v) is 20.2. The number of nitrogens with one attached hydrogen (secondary N) is 1. The molecule has 2 aromatic carbocycles. The maximum absolute atomic E-state index is 12.9. The summed E-state index contributed by atoms with van der Waals surface area (Å²) >= 11 is 5.83. The van der Waals surface area contributed by atoms with Crippen LogP contribution in [0.25, 0.3) is 11.1 Å². The van der Waals surface area contributed by atoms with Crippen molar-refractivity contribution in [3.05, 3.63) is 82.1 Å². The Morgan fingerprint density at radius 1 is 1.09 bits per heavy atom. The molecule has 8 heteroatoms. The van der Waals surface area contributed by atoms with Gasteiger partial charge in [-0.05, 0) is 54.3 Å². The summed E-state index contributed by atoms with van der Waals surface area (Å²) in [5, 5.41) is 12.5. The van der Waals surface area contributed by atoms with Crippen molar-refractivity contribution in [3.63, 3.8) is 0 Å². The normalized spacial score (nSPS) is 10.6. The minimum absolute atomic E-state index is 0.0821. The van der Waals surface area contributed by atoms with Gasteiger partial charge in [0.25, 0.3) is 0 Å². The molecule has 0 saturated heterocycles. The van der Waals surface area contributed by atoms with Crippen LogP contribution in [-0.2, 0) is 24.3 Å². The average Bonchev–Trinajstić information content (AvgIpc) is 2.81. The van der Waals surface area contributed by atoms with E-state index < -0.39 is 5.97 Å². The molecule has 1 heterocycles. The van der Waals surface area contributed by atoms with Gasteiger partial charge in [0.05, 0.1) is 13.5 Å². The fourth-order valence-corrected chi connectivity index (χ4v) is 3.81. The van der Waals surface area contributed by atoms with E-state index in [-0.39, 0.29) is 12.5 Å². The van der Waals surface area contributed by atoms with Crippen LogP contribution in [0.2, 0.25) is 5.15 Å². The number of urea groups is 1. The Morgan fingerprint density at radius 2 is 1.85 bits per heavy atom. The SMILES string of the molecule is CCN(Cc1cc(C)ccc1-c1cc(CC(=O)O)ccc1OC)C(=O)NCc1ccc(Cl)nc1. The second kappa shape index (κ2) is 11.5. The molecular weight excluding hydrogens is 454 g/mol. The van der Waals surface area contributed by atoms with Gasteiger partial charge in [-0.25, -0.2) is 9.78 Å². The van der Waals surface area contributed by atoms with E-state index >= 15 is 0 Å². The Balaban J connectivity index is 1.87. The monoisotopic (exact) mass is 481 g/mol. The van der Waals surface area contributed by atoms with E-state index in [9.17, 15) is 14.7 Å². The summed E-state index contributed by atoms with van der Waals surface area (Å²) in [4.78, 5) is 29.9. The highest BCUT2D eigenvalue weighted by atomic mass is 35.5. The molecular formula is C26H28ClN3O4. The van der Waals surface area contributed by atoms with E-state index in [1.165, 1.54) is 0 Å². The Kier molecular flexibility index (Phi) is 8.49. The predicted molar refractivity (Wildman–Crippen MR) is 132 cm³/mol. The van der Waals surface area contributed by atoms with Crippen LogP contribution in [0.4, 0.5) is 4.79 Å². The summed E-state index contributed by atoms with van der Waals surface area (Å²) in [5.74, 6) is -0.257. The molecule has 0 bridgehead atoms. The molecule has 1 aromatic heterocycles. The molecule has 178 valence electrons. The minimum Gasteiger partial charge on any atom is -0.496 e. The third-order valence-corrected chi connectivity index (χ3v) is 5.66. The van der Waals surface area contributed by atoms with Crippen LogP contribution in [0, 0.1) is 6.92 Å². The van der Waals surface area contributed by atoms with E-state index in [1.54, 1.807) is 36.4 Å². The minimum atomic E-state index is -0.898. The number of aromatic nitrogens is 1. The lowest BCUT2D eigenvalue weighted by atomic mass is 9.94.